The molecule has 5 heteroatoms. The standard InChI is InChI=1S/C21H29N3O2/c1-15-16(2)22-24(17(15)3)14-21(26)23-11-9-19(10-12-23)20(25)13-18-7-5-4-6-8-18/h4-8,19-20,25H,9-14H2,1-3H3. The third-order valence-corrected chi connectivity index (χ3v) is 5.75. The van der Waals surface area contributed by atoms with Gasteiger partial charge in [0.2, 0.25) is 5.91 Å². The Morgan fingerprint density at radius 2 is 1.85 bits per heavy atom. The third-order valence-electron chi connectivity index (χ3n) is 5.75. The van der Waals surface area contributed by atoms with Crippen LogP contribution in [0, 0.1) is 26.7 Å². The van der Waals surface area contributed by atoms with E-state index in [1.807, 2.05) is 48.6 Å². The molecule has 5 nitrogen and oxygen atoms in total. The van der Waals surface area contributed by atoms with Crippen LogP contribution in [0.15, 0.2) is 30.3 Å². The minimum atomic E-state index is -0.340. The number of aromatic nitrogens is 2. The number of carbonyl (C=O) groups is 1. The molecule has 2 aromatic rings. The smallest absolute Gasteiger partial charge is 0.244 e. The summed E-state index contributed by atoms with van der Waals surface area (Å²) in [6.07, 6.45) is 2.06. The van der Waals surface area contributed by atoms with Gasteiger partial charge >= 0.3 is 0 Å². The van der Waals surface area contributed by atoms with Crippen molar-refractivity contribution < 1.29 is 9.90 Å². The minimum Gasteiger partial charge on any atom is -0.392 e. The topological polar surface area (TPSA) is 58.4 Å². The molecule has 1 aromatic carbocycles. The van der Waals surface area contributed by atoms with Crippen molar-refractivity contribution in [3.63, 3.8) is 0 Å². The summed E-state index contributed by atoms with van der Waals surface area (Å²) in [6, 6.07) is 10.1. The van der Waals surface area contributed by atoms with Crippen molar-refractivity contribution in [3.8, 4) is 0 Å². The monoisotopic (exact) mass is 355 g/mol. The summed E-state index contributed by atoms with van der Waals surface area (Å²) in [5.74, 6) is 0.377. The molecule has 0 saturated carbocycles. The van der Waals surface area contributed by atoms with E-state index in [1.54, 1.807) is 0 Å². The van der Waals surface area contributed by atoms with Crippen molar-refractivity contribution in [2.45, 2.75) is 52.7 Å². The van der Waals surface area contributed by atoms with Gasteiger partial charge in [-0.3, -0.25) is 9.48 Å². The molecule has 1 amide bonds. The number of carbonyl (C=O) groups excluding carboxylic acids is 1. The van der Waals surface area contributed by atoms with Gasteiger partial charge in [0, 0.05) is 18.8 Å². The SMILES string of the molecule is Cc1nn(CC(=O)N2CCC(C(O)Cc3ccccc3)CC2)c(C)c1C. The Balaban J connectivity index is 1.51. The summed E-state index contributed by atoms with van der Waals surface area (Å²) in [6.45, 7) is 7.76. The Hall–Kier alpha value is -2.14. The number of aliphatic hydroxyl groups is 1. The Bertz CT molecular complexity index is 746. The van der Waals surface area contributed by atoms with Crippen LogP contribution in [0.25, 0.3) is 0 Å². The maximum absolute atomic E-state index is 12.6. The highest BCUT2D eigenvalue weighted by Gasteiger charge is 2.28. The van der Waals surface area contributed by atoms with Crippen LogP contribution >= 0.6 is 0 Å². The highest BCUT2D eigenvalue weighted by molar-refractivity contribution is 5.76. The molecule has 0 aliphatic carbocycles. The zero-order valence-corrected chi connectivity index (χ0v) is 16.0. The van der Waals surface area contributed by atoms with Gasteiger partial charge in [-0.2, -0.15) is 5.10 Å². The van der Waals surface area contributed by atoms with Crippen molar-refractivity contribution in [2.24, 2.45) is 5.92 Å². The molecule has 2 heterocycles. The van der Waals surface area contributed by atoms with E-state index < -0.39 is 0 Å². The molecule has 1 atom stereocenters. The van der Waals surface area contributed by atoms with Gasteiger partial charge in [-0.1, -0.05) is 30.3 Å². The summed E-state index contributed by atoms with van der Waals surface area (Å²) >= 11 is 0. The number of rotatable bonds is 5. The first-order chi connectivity index (χ1) is 12.5. The lowest BCUT2D eigenvalue weighted by Gasteiger charge is -2.34. The predicted molar refractivity (Wildman–Crippen MR) is 102 cm³/mol. The van der Waals surface area contributed by atoms with E-state index in [9.17, 15) is 9.90 Å². The molecule has 26 heavy (non-hydrogen) atoms. The average molecular weight is 355 g/mol. The first kappa shape index (κ1) is 18.6. The number of hydrogen-bond acceptors (Lipinski definition) is 3. The van der Waals surface area contributed by atoms with Crippen molar-refractivity contribution in [2.75, 3.05) is 13.1 Å². The second-order valence-electron chi connectivity index (χ2n) is 7.43. The minimum absolute atomic E-state index is 0.117. The maximum atomic E-state index is 12.6. The van der Waals surface area contributed by atoms with Crippen molar-refractivity contribution in [1.82, 2.24) is 14.7 Å². The number of aryl methyl sites for hydroxylation is 1. The quantitative estimate of drug-likeness (QED) is 0.897. The van der Waals surface area contributed by atoms with Gasteiger partial charge in [-0.25, -0.2) is 0 Å². The molecule has 3 rings (SSSR count). The van der Waals surface area contributed by atoms with Gasteiger partial charge < -0.3 is 10.0 Å². The first-order valence-electron chi connectivity index (χ1n) is 9.46. The lowest BCUT2D eigenvalue weighted by Crippen LogP contribution is -2.43. The number of likely N-dealkylation sites (tertiary alicyclic amines) is 1. The molecule has 0 bridgehead atoms. The number of nitrogens with zero attached hydrogens (tertiary/aromatic N) is 3. The lowest BCUT2D eigenvalue weighted by molar-refractivity contribution is -0.134. The van der Waals surface area contributed by atoms with Crippen LogP contribution in [-0.4, -0.2) is 44.9 Å². The van der Waals surface area contributed by atoms with E-state index in [0.717, 1.165) is 29.8 Å². The number of amides is 1. The second kappa shape index (κ2) is 8.04. The normalized spacial score (nSPS) is 16.7. The Morgan fingerprint density at radius 3 is 2.42 bits per heavy atom. The van der Waals surface area contributed by atoms with Gasteiger partial charge in [0.15, 0.2) is 0 Å². The van der Waals surface area contributed by atoms with Crippen molar-refractivity contribution in [1.29, 1.82) is 0 Å². The van der Waals surface area contributed by atoms with Crippen LogP contribution in [0.2, 0.25) is 0 Å². The van der Waals surface area contributed by atoms with Crippen LogP contribution in [0.4, 0.5) is 0 Å². The molecule has 1 aliphatic heterocycles. The molecule has 0 radical (unpaired) electrons. The Morgan fingerprint density at radius 1 is 1.19 bits per heavy atom. The summed E-state index contributed by atoms with van der Waals surface area (Å²) < 4.78 is 1.81. The Labute approximate surface area is 155 Å². The number of aliphatic hydroxyl groups excluding tert-OH is 1. The fourth-order valence-electron chi connectivity index (χ4n) is 3.72. The highest BCUT2D eigenvalue weighted by Crippen LogP contribution is 2.23. The molecule has 0 spiro atoms. The maximum Gasteiger partial charge on any atom is 0.244 e. The van der Waals surface area contributed by atoms with Gasteiger partial charge in [-0.05, 0) is 57.1 Å². The molecule has 1 aromatic heterocycles. The lowest BCUT2D eigenvalue weighted by atomic mass is 9.88. The number of piperidine rings is 1. The molecular weight excluding hydrogens is 326 g/mol. The fraction of sp³-hybridized carbons (Fsp3) is 0.524. The zero-order chi connectivity index (χ0) is 18.7. The van der Waals surface area contributed by atoms with E-state index in [0.29, 0.717) is 26.1 Å². The highest BCUT2D eigenvalue weighted by atomic mass is 16.3. The molecular formula is C21H29N3O2. The Kier molecular flexibility index (Phi) is 5.77. The van der Waals surface area contributed by atoms with Crippen LogP contribution in [0.5, 0.6) is 0 Å². The van der Waals surface area contributed by atoms with Crippen LogP contribution in [0.3, 0.4) is 0 Å². The summed E-state index contributed by atoms with van der Waals surface area (Å²) in [7, 11) is 0. The van der Waals surface area contributed by atoms with Gasteiger partial charge in [-0.15, -0.1) is 0 Å². The largest absolute Gasteiger partial charge is 0.392 e. The van der Waals surface area contributed by atoms with Crippen LogP contribution in [-0.2, 0) is 17.8 Å². The predicted octanol–water partition coefficient (Wildman–Crippen LogP) is 2.65. The van der Waals surface area contributed by atoms with E-state index in [1.165, 1.54) is 5.56 Å². The van der Waals surface area contributed by atoms with E-state index >= 15 is 0 Å². The van der Waals surface area contributed by atoms with E-state index in [2.05, 4.69) is 17.2 Å². The van der Waals surface area contributed by atoms with Gasteiger partial charge in [0.05, 0.1) is 11.8 Å². The number of benzene rings is 1. The molecule has 1 aliphatic rings. The summed E-state index contributed by atoms with van der Waals surface area (Å²) in [5.41, 5.74) is 4.36. The molecule has 1 fully saturated rings. The molecule has 1 saturated heterocycles. The van der Waals surface area contributed by atoms with Gasteiger partial charge in [0.25, 0.3) is 0 Å². The molecule has 140 valence electrons. The van der Waals surface area contributed by atoms with Crippen LogP contribution < -0.4 is 0 Å². The summed E-state index contributed by atoms with van der Waals surface area (Å²) in [5, 5.41) is 15.0. The van der Waals surface area contributed by atoms with Crippen molar-refractivity contribution in [3.05, 3.63) is 52.8 Å². The zero-order valence-electron chi connectivity index (χ0n) is 16.0. The van der Waals surface area contributed by atoms with Gasteiger partial charge in [0.1, 0.15) is 6.54 Å². The second-order valence-corrected chi connectivity index (χ2v) is 7.43. The average Bonchev–Trinajstić information content (AvgIpc) is 2.89. The molecule has 1 N–H and O–H groups in total. The number of hydrogen-bond donors (Lipinski definition) is 1. The first-order valence-corrected chi connectivity index (χ1v) is 9.46. The summed E-state index contributed by atoms with van der Waals surface area (Å²) in [4.78, 5) is 14.5. The fourth-order valence-corrected chi connectivity index (χ4v) is 3.72. The third kappa shape index (κ3) is 4.15. The van der Waals surface area contributed by atoms with E-state index in [-0.39, 0.29) is 17.9 Å². The van der Waals surface area contributed by atoms with E-state index in [4.69, 9.17) is 0 Å². The van der Waals surface area contributed by atoms with Crippen molar-refractivity contribution >= 4 is 5.91 Å². The molecule has 1 unspecified atom stereocenters. The van der Waals surface area contributed by atoms with Crippen LogP contribution in [0.1, 0.15) is 35.4 Å².